The lowest BCUT2D eigenvalue weighted by molar-refractivity contribution is -0.123. The zero-order chi connectivity index (χ0) is 36.8. The second-order valence-electron chi connectivity index (χ2n) is 14.9. The number of phosphoric ester groups is 1. The first-order valence-corrected chi connectivity index (χ1v) is 23.1. The number of amides is 1. The largest absolute Gasteiger partial charge is 0.472 e. The van der Waals surface area contributed by atoms with Crippen molar-refractivity contribution < 1.29 is 28.4 Å². The molecule has 0 aliphatic heterocycles. The van der Waals surface area contributed by atoms with Crippen LogP contribution in [0.15, 0.2) is 0 Å². The Bertz CT molecular complexity index is 759. The van der Waals surface area contributed by atoms with Crippen LogP contribution in [0.3, 0.4) is 0 Å². The molecule has 1 amide bonds. The molecule has 8 nitrogen and oxygen atoms in total. The normalized spacial score (nSPS) is 14.1. The third-order valence-electron chi connectivity index (χ3n) is 9.96. The number of nitrogens with one attached hydrogen (secondary N) is 1. The maximum Gasteiger partial charge on any atom is 0.472 e. The Kier molecular flexibility index (Phi) is 37.8. The van der Waals surface area contributed by atoms with E-state index in [1.807, 2.05) is 0 Å². The van der Waals surface area contributed by atoms with Crippen molar-refractivity contribution in [2.75, 3.05) is 19.8 Å². The van der Waals surface area contributed by atoms with Crippen molar-refractivity contribution in [3.63, 3.8) is 0 Å². The number of aliphatic hydroxyl groups is 1. The summed E-state index contributed by atoms with van der Waals surface area (Å²) in [7, 11) is -4.31. The Hall–Kier alpha value is -0.500. The van der Waals surface area contributed by atoms with E-state index in [2.05, 4.69) is 19.2 Å². The summed E-state index contributed by atoms with van der Waals surface area (Å²) in [6.07, 6.45) is 39.6. The smallest absolute Gasteiger partial charge is 0.391 e. The summed E-state index contributed by atoms with van der Waals surface area (Å²) >= 11 is 0. The van der Waals surface area contributed by atoms with E-state index in [4.69, 9.17) is 14.8 Å². The molecule has 0 saturated heterocycles. The molecule has 0 rings (SSSR count). The summed E-state index contributed by atoms with van der Waals surface area (Å²) in [5, 5.41) is 13.8. The van der Waals surface area contributed by atoms with Crippen LogP contribution in [0, 0.1) is 0 Å². The predicted molar refractivity (Wildman–Crippen MR) is 212 cm³/mol. The Balaban J connectivity index is 4.13. The van der Waals surface area contributed by atoms with E-state index in [1.165, 1.54) is 161 Å². The monoisotopic (exact) mass is 733 g/mol. The van der Waals surface area contributed by atoms with Crippen molar-refractivity contribution >= 4 is 13.7 Å². The minimum atomic E-state index is -4.31. The second kappa shape index (κ2) is 38.2. The van der Waals surface area contributed by atoms with Crippen LogP contribution in [0.5, 0.6) is 0 Å². The second-order valence-corrected chi connectivity index (χ2v) is 16.4. The average Bonchev–Trinajstić information content (AvgIpc) is 3.10. The first-order chi connectivity index (χ1) is 24.4. The first kappa shape index (κ1) is 49.5. The average molecular weight is 733 g/mol. The molecule has 9 heteroatoms. The summed E-state index contributed by atoms with van der Waals surface area (Å²) < 4.78 is 22.2. The molecule has 5 N–H and O–H groups in total. The zero-order valence-electron chi connectivity index (χ0n) is 33.2. The van der Waals surface area contributed by atoms with Crippen molar-refractivity contribution in [3.8, 4) is 0 Å². The summed E-state index contributed by atoms with van der Waals surface area (Å²) in [5.74, 6) is -0.157. The van der Waals surface area contributed by atoms with Crippen molar-refractivity contribution in [2.24, 2.45) is 5.73 Å². The lowest BCUT2D eigenvalue weighted by Gasteiger charge is -2.25. The predicted octanol–water partition coefficient (Wildman–Crippen LogP) is 11.8. The highest BCUT2D eigenvalue weighted by Crippen LogP contribution is 2.43. The molecule has 1 unspecified atom stereocenters. The summed E-state index contributed by atoms with van der Waals surface area (Å²) in [4.78, 5) is 22.7. The van der Waals surface area contributed by atoms with Gasteiger partial charge >= 0.3 is 7.82 Å². The van der Waals surface area contributed by atoms with E-state index in [0.29, 0.717) is 12.8 Å². The Morgan fingerprint density at radius 3 is 1.28 bits per heavy atom. The number of hydrogen-bond donors (Lipinski definition) is 4. The molecular weight excluding hydrogens is 647 g/mol. The van der Waals surface area contributed by atoms with Crippen LogP contribution in [0.25, 0.3) is 0 Å². The Morgan fingerprint density at radius 1 is 0.580 bits per heavy atom. The fraction of sp³-hybridized carbons (Fsp3) is 0.976. The number of carbonyl (C=O) groups excluding carboxylic acids is 1. The third kappa shape index (κ3) is 35.9. The lowest BCUT2D eigenvalue weighted by Crippen LogP contribution is -2.46. The molecule has 0 spiro atoms. The van der Waals surface area contributed by atoms with Gasteiger partial charge in [0.2, 0.25) is 5.91 Å². The molecule has 0 aliphatic rings. The quantitative estimate of drug-likeness (QED) is 0.0363. The number of nitrogens with two attached hydrogens (primary N) is 1. The van der Waals surface area contributed by atoms with Gasteiger partial charge in [0.1, 0.15) is 0 Å². The minimum Gasteiger partial charge on any atom is -0.391 e. The highest BCUT2D eigenvalue weighted by molar-refractivity contribution is 7.47. The van der Waals surface area contributed by atoms with Crippen molar-refractivity contribution in [1.82, 2.24) is 5.32 Å². The van der Waals surface area contributed by atoms with Gasteiger partial charge in [0.05, 0.1) is 25.4 Å². The lowest BCUT2D eigenvalue weighted by atomic mass is 10.0. The molecule has 50 heavy (non-hydrogen) atoms. The van der Waals surface area contributed by atoms with Gasteiger partial charge in [0.25, 0.3) is 0 Å². The molecule has 0 bridgehead atoms. The molecule has 3 atom stereocenters. The van der Waals surface area contributed by atoms with Gasteiger partial charge < -0.3 is 21.1 Å². The fourth-order valence-electron chi connectivity index (χ4n) is 6.67. The van der Waals surface area contributed by atoms with E-state index in [-0.39, 0.29) is 25.7 Å². The standard InChI is InChI=1S/C41H85N2O6P/c1-3-5-7-9-11-13-15-17-19-21-22-24-26-28-30-32-34-40(44)39(38-49-50(46,47)48-37-36-42)43-41(45)35-33-31-29-27-25-23-20-18-16-14-12-10-8-6-4-2/h39-40,44H,3-38,42H2,1-2H3,(H,43,45)(H,46,47)/t39-,40+/m0/s1. The van der Waals surface area contributed by atoms with Gasteiger partial charge in [-0.25, -0.2) is 4.57 Å². The van der Waals surface area contributed by atoms with Crippen molar-refractivity contribution in [2.45, 2.75) is 238 Å². The van der Waals surface area contributed by atoms with E-state index >= 15 is 0 Å². The summed E-state index contributed by atoms with van der Waals surface area (Å²) in [6.45, 7) is 4.23. The third-order valence-corrected chi connectivity index (χ3v) is 10.9. The van der Waals surface area contributed by atoms with Gasteiger partial charge in [-0.05, 0) is 12.8 Å². The molecular formula is C41H85N2O6P. The van der Waals surface area contributed by atoms with Crippen LogP contribution in [-0.2, 0) is 18.4 Å². The molecule has 0 saturated carbocycles. The van der Waals surface area contributed by atoms with Crippen LogP contribution in [0.1, 0.15) is 226 Å². The number of unbranched alkanes of at least 4 members (excludes halogenated alkanes) is 29. The molecule has 0 fully saturated rings. The molecule has 0 heterocycles. The Morgan fingerprint density at radius 2 is 0.920 bits per heavy atom. The van der Waals surface area contributed by atoms with Gasteiger partial charge in [-0.1, -0.05) is 206 Å². The fourth-order valence-corrected chi connectivity index (χ4v) is 7.43. The number of rotatable bonds is 41. The molecule has 0 aliphatic carbocycles. The molecule has 300 valence electrons. The van der Waals surface area contributed by atoms with E-state index in [0.717, 1.165) is 38.5 Å². The number of carbonyl (C=O) groups is 1. The van der Waals surface area contributed by atoms with Crippen LogP contribution >= 0.6 is 7.82 Å². The van der Waals surface area contributed by atoms with Crippen LogP contribution in [-0.4, -0.2) is 47.8 Å². The molecule has 0 aromatic rings. The molecule has 0 aromatic heterocycles. The molecule has 0 radical (unpaired) electrons. The van der Waals surface area contributed by atoms with E-state index in [9.17, 15) is 19.4 Å². The van der Waals surface area contributed by atoms with Gasteiger partial charge in [0, 0.05) is 13.0 Å². The Labute approximate surface area is 310 Å². The van der Waals surface area contributed by atoms with Crippen LogP contribution in [0.2, 0.25) is 0 Å². The molecule has 0 aromatic carbocycles. The number of phosphoric acid groups is 1. The topological polar surface area (TPSA) is 131 Å². The zero-order valence-corrected chi connectivity index (χ0v) is 34.1. The number of hydrogen-bond acceptors (Lipinski definition) is 6. The highest BCUT2D eigenvalue weighted by atomic mass is 31.2. The van der Waals surface area contributed by atoms with Crippen molar-refractivity contribution in [3.05, 3.63) is 0 Å². The summed E-state index contributed by atoms with van der Waals surface area (Å²) in [6, 6.07) is -0.767. The minimum absolute atomic E-state index is 0.0925. The van der Waals surface area contributed by atoms with Gasteiger partial charge in [-0.2, -0.15) is 0 Å². The van der Waals surface area contributed by atoms with Crippen LogP contribution in [0.4, 0.5) is 0 Å². The SMILES string of the molecule is CCCCCCCCCCCCCCCCCC[C@@H](O)[C@H](COP(=O)(O)OCCN)NC(=O)CCCCCCCCCCCCCCCCC. The van der Waals surface area contributed by atoms with Gasteiger partial charge in [-0.3, -0.25) is 13.8 Å². The maximum atomic E-state index is 12.8. The van der Waals surface area contributed by atoms with Crippen molar-refractivity contribution in [1.29, 1.82) is 0 Å². The van der Waals surface area contributed by atoms with Crippen LogP contribution < -0.4 is 11.1 Å². The maximum absolute atomic E-state index is 12.8. The van der Waals surface area contributed by atoms with Gasteiger partial charge in [0.15, 0.2) is 0 Å². The summed E-state index contributed by atoms with van der Waals surface area (Å²) in [5.41, 5.74) is 5.38. The first-order valence-electron chi connectivity index (χ1n) is 21.7. The van der Waals surface area contributed by atoms with Gasteiger partial charge in [-0.15, -0.1) is 0 Å². The van der Waals surface area contributed by atoms with E-state index in [1.54, 1.807) is 0 Å². The highest BCUT2D eigenvalue weighted by Gasteiger charge is 2.27. The number of aliphatic hydroxyl groups excluding tert-OH is 1. The van der Waals surface area contributed by atoms with E-state index < -0.39 is 20.0 Å².